The standard InChI is InChI=1S/C25H31N5O2.HI/c1-4-26-25(27-16-20-10-11-23-24(15-20)32-13-7-12-31-23)28-17-21-8-5-6-9-22(21)30-19(3)14-18(2)29-30;/h5-6,8-11,14-15H,4,7,12-13,16-17H2,1-3H3,(H2,26,27,28);1H. The lowest BCUT2D eigenvalue weighted by Gasteiger charge is -2.15. The quantitative estimate of drug-likeness (QED) is 0.263. The first-order valence-electron chi connectivity index (χ1n) is 11.2. The van der Waals surface area contributed by atoms with Gasteiger partial charge in [-0.15, -0.1) is 24.0 Å². The molecule has 0 radical (unpaired) electrons. The van der Waals surface area contributed by atoms with Crippen LogP contribution in [0.3, 0.4) is 0 Å². The van der Waals surface area contributed by atoms with Crippen LogP contribution in [-0.4, -0.2) is 35.5 Å². The molecule has 176 valence electrons. The van der Waals surface area contributed by atoms with Crippen molar-refractivity contribution in [3.63, 3.8) is 0 Å². The Bertz CT molecular complexity index is 1100. The van der Waals surface area contributed by atoms with E-state index in [0.717, 1.165) is 58.6 Å². The van der Waals surface area contributed by atoms with Crippen LogP contribution in [-0.2, 0) is 13.1 Å². The summed E-state index contributed by atoms with van der Waals surface area (Å²) in [7, 11) is 0. The first-order valence-corrected chi connectivity index (χ1v) is 11.2. The van der Waals surface area contributed by atoms with Gasteiger partial charge in [0.2, 0.25) is 0 Å². The molecule has 2 aromatic carbocycles. The number of aromatic nitrogens is 2. The van der Waals surface area contributed by atoms with Gasteiger partial charge < -0.3 is 20.1 Å². The van der Waals surface area contributed by atoms with E-state index in [2.05, 4.69) is 47.8 Å². The number of hydrogen-bond donors (Lipinski definition) is 2. The summed E-state index contributed by atoms with van der Waals surface area (Å²) in [5, 5.41) is 11.4. The van der Waals surface area contributed by atoms with Gasteiger partial charge in [-0.05, 0) is 56.2 Å². The lowest BCUT2D eigenvalue weighted by molar-refractivity contribution is 0.297. The van der Waals surface area contributed by atoms with E-state index < -0.39 is 0 Å². The number of guanidine groups is 1. The van der Waals surface area contributed by atoms with Gasteiger partial charge in [-0.2, -0.15) is 5.10 Å². The Labute approximate surface area is 212 Å². The van der Waals surface area contributed by atoms with Crippen LogP contribution in [0.15, 0.2) is 53.5 Å². The van der Waals surface area contributed by atoms with E-state index >= 15 is 0 Å². The van der Waals surface area contributed by atoms with Crippen molar-refractivity contribution in [2.45, 2.75) is 40.3 Å². The second kappa shape index (κ2) is 11.9. The Morgan fingerprint density at radius 3 is 2.58 bits per heavy atom. The van der Waals surface area contributed by atoms with E-state index in [0.29, 0.717) is 26.3 Å². The van der Waals surface area contributed by atoms with E-state index in [4.69, 9.17) is 14.5 Å². The Balaban J connectivity index is 0.00000306. The molecule has 0 bridgehead atoms. The van der Waals surface area contributed by atoms with E-state index in [9.17, 15) is 0 Å². The Morgan fingerprint density at radius 1 is 1.03 bits per heavy atom. The number of fused-ring (bicyclic) bond motifs is 1. The molecule has 0 spiro atoms. The maximum atomic E-state index is 5.80. The van der Waals surface area contributed by atoms with Crippen molar-refractivity contribution in [1.82, 2.24) is 20.4 Å². The third-order valence-electron chi connectivity index (χ3n) is 5.25. The van der Waals surface area contributed by atoms with Crippen molar-refractivity contribution < 1.29 is 9.47 Å². The van der Waals surface area contributed by atoms with E-state index in [1.54, 1.807) is 0 Å². The third-order valence-corrected chi connectivity index (χ3v) is 5.25. The van der Waals surface area contributed by atoms with Crippen molar-refractivity contribution in [3.05, 3.63) is 71.0 Å². The number of benzene rings is 2. The number of aliphatic imine (C=N–C) groups is 1. The van der Waals surface area contributed by atoms with Crippen molar-refractivity contribution in [3.8, 4) is 17.2 Å². The lowest BCUT2D eigenvalue weighted by Crippen LogP contribution is -2.37. The summed E-state index contributed by atoms with van der Waals surface area (Å²) in [6.07, 6.45) is 0.899. The summed E-state index contributed by atoms with van der Waals surface area (Å²) in [5.74, 6) is 2.37. The van der Waals surface area contributed by atoms with Crippen molar-refractivity contribution in [2.75, 3.05) is 19.8 Å². The minimum atomic E-state index is 0. The highest BCUT2D eigenvalue weighted by Gasteiger charge is 2.11. The molecule has 7 nitrogen and oxygen atoms in total. The predicted molar refractivity (Wildman–Crippen MR) is 142 cm³/mol. The van der Waals surface area contributed by atoms with Gasteiger partial charge in [-0.1, -0.05) is 24.3 Å². The van der Waals surface area contributed by atoms with Crippen LogP contribution in [0.2, 0.25) is 0 Å². The monoisotopic (exact) mass is 561 g/mol. The molecule has 0 saturated carbocycles. The van der Waals surface area contributed by atoms with Crippen LogP contribution < -0.4 is 20.1 Å². The predicted octanol–water partition coefficient (Wildman–Crippen LogP) is 4.52. The molecule has 2 heterocycles. The fraction of sp³-hybridized carbons (Fsp3) is 0.360. The number of aryl methyl sites for hydroxylation is 2. The molecule has 33 heavy (non-hydrogen) atoms. The van der Waals surface area contributed by atoms with E-state index in [-0.39, 0.29) is 24.0 Å². The van der Waals surface area contributed by atoms with Crippen LogP contribution in [0.5, 0.6) is 11.5 Å². The smallest absolute Gasteiger partial charge is 0.191 e. The zero-order valence-corrected chi connectivity index (χ0v) is 21.8. The molecule has 1 aromatic heterocycles. The van der Waals surface area contributed by atoms with Crippen molar-refractivity contribution in [1.29, 1.82) is 0 Å². The zero-order valence-electron chi connectivity index (χ0n) is 19.4. The minimum absolute atomic E-state index is 0. The molecule has 8 heteroatoms. The van der Waals surface area contributed by atoms with Gasteiger partial charge in [-0.3, -0.25) is 0 Å². The molecular formula is C25H32IN5O2. The number of rotatable bonds is 6. The fourth-order valence-electron chi connectivity index (χ4n) is 3.74. The van der Waals surface area contributed by atoms with Crippen LogP contribution in [0.25, 0.3) is 5.69 Å². The highest BCUT2D eigenvalue weighted by Crippen LogP contribution is 2.30. The maximum absolute atomic E-state index is 5.80. The van der Waals surface area contributed by atoms with Crippen LogP contribution in [0.1, 0.15) is 35.9 Å². The number of hydrogen-bond acceptors (Lipinski definition) is 4. The molecule has 3 aromatic rings. The molecule has 0 unspecified atom stereocenters. The maximum Gasteiger partial charge on any atom is 0.191 e. The zero-order chi connectivity index (χ0) is 22.3. The number of halogens is 1. The van der Waals surface area contributed by atoms with E-state index in [1.165, 1.54) is 0 Å². The molecule has 1 aliphatic heterocycles. The van der Waals surface area contributed by atoms with Gasteiger partial charge in [0.1, 0.15) is 0 Å². The van der Waals surface area contributed by atoms with Crippen LogP contribution in [0.4, 0.5) is 0 Å². The van der Waals surface area contributed by atoms with Gasteiger partial charge in [0.05, 0.1) is 31.1 Å². The highest BCUT2D eigenvalue weighted by atomic mass is 127. The average molecular weight is 561 g/mol. The molecule has 2 N–H and O–H groups in total. The first kappa shape index (κ1) is 24.9. The Kier molecular flexibility index (Phi) is 8.99. The summed E-state index contributed by atoms with van der Waals surface area (Å²) in [4.78, 5) is 4.77. The summed E-state index contributed by atoms with van der Waals surface area (Å²) in [6.45, 7) is 9.49. The Hall–Kier alpha value is -2.75. The average Bonchev–Trinajstić information content (AvgIpc) is 2.98. The molecular weight excluding hydrogens is 529 g/mol. The van der Waals surface area contributed by atoms with Gasteiger partial charge in [0.25, 0.3) is 0 Å². The third kappa shape index (κ3) is 6.40. The summed E-state index contributed by atoms with van der Waals surface area (Å²) in [6, 6.07) is 16.4. The van der Waals surface area contributed by atoms with Gasteiger partial charge in [-0.25, -0.2) is 9.67 Å². The molecule has 0 aliphatic carbocycles. The SMILES string of the molecule is CCNC(=NCc1ccc2c(c1)OCCCO2)NCc1ccccc1-n1nc(C)cc1C.I. The second-order valence-corrected chi connectivity index (χ2v) is 7.85. The largest absolute Gasteiger partial charge is 0.490 e. The molecule has 0 amide bonds. The topological polar surface area (TPSA) is 72.7 Å². The second-order valence-electron chi connectivity index (χ2n) is 7.85. The lowest BCUT2D eigenvalue weighted by atomic mass is 10.1. The first-order chi connectivity index (χ1) is 15.6. The van der Waals surface area contributed by atoms with Crippen LogP contribution in [0, 0.1) is 13.8 Å². The Morgan fingerprint density at radius 2 is 1.82 bits per heavy atom. The van der Waals surface area contributed by atoms with E-state index in [1.807, 2.05) is 41.9 Å². The molecule has 4 rings (SSSR count). The summed E-state index contributed by atoms with van der Waals surface area (Å²) >= 11 is 0. The van der Waals surface area contributed by atoms with Crippen LogP contribution >= 0.6 is 24.0 Å². The minimum Gasteiger partial charge on any atom is -0.490 e. The number of ether oxygens (including phenoxy) is 2. The number of para-hydroxylation sites is 1. The normalized spacial score (nSPS) is 13.1. The number of nitrogens with one attached hydrogen (secondary N) is 2. The fourth-order valence-corrected chi connectivity index (χ4v) is 3.74. The van der Waals surface area contributed by atoms with Gasteiger partial charge in [0.15, 0.2) is 17.5 Å². The van der Waals surface area contributed by atoms with Crippen molar-refractivity contribution in [2.24, 2.45) is 4.99 Å². The van der Waals surface area contributed by atoms with Gasteiger partial charge >= 0.3 is 0 Å². The molecule has 0 fully saturated rings. The molecule has 0 atom stereocenters. The highest BCUT2D eigenvalue weighted by molar-refractivity contribution is 14.0. The number of nitrogens with zero attached hydrogens (tertiary/aromatic N) is 3. The summed E-state index contributed by atoms with van der Waals surface area (Å²) in [5.41, 5.74) is 5.43. The molecule has 1 aliphatic rings. The summed E-state index contributed by atoms with van der Waals surface area (Å²) < 4.78 is 13.5. The van der Waals surface area contributed by atoms with Crippen molar-refractivity contribution >= 4 is 29.9 Å². The van der Waals surface area contributed by atoms with Gasteiger partial charge in [0, 0.05) is 25.2 Å². The molecule has 0 saturated heterocycles.